The molecule has 7 heteroatoms. The minimum Gasteiger partial charge on any atom is -0.490 e. The number of rotatable bonds is 5. The number of nitro benzene ring substituents is 1. The van der Waals surface area contributed by atoms with E-state index in [2.05, 4.69) is 0 Å². The quantitative estimate of drug-likeness (QED) is 0.596. The lowest BCUT2D eigenvalue weighted by Gasteiger charge is -2.17. The van der Waals surface area contributed by atoms with E-state index in [1.807, 2.05) is 0 Å². The number of hydrogen-bond donors (Lipinski definition) is 1. The summed E-state index contributed by atoms with van der Waals surface area (Å²) in [4.78, 5) is 22.6. The molecule has 0 unspecified atom stereocenters. The van der Waals surface area contributed by atoms with Crippen molar-refractivity contribution >= 4 is 17.3 Å². The zero-order chi connectivity index (χ0) is 13.0. The van der Waals surface area contributed by atoms with Gasteiger partial charge >= 0.3 is 5.69 Å². The Balaban J connectivity index is 3.22. The van der Waals surface area contributed by atoms with Crippen molar-refractivity contribution in [3.05, 3.63) is 28.3 Å². The monoisotopic (exact) mass is 239 g/mol. The smallest absolute Gasteiger partial charge is 0.333 e. The molecule has 1 aromatic rings. The number of amides is 1. The Morgan fingerprint density at radius 2 is 2.24 bits per heavy atom. The molecule has 1 rings (SSSR count). The van der Waals surface area contributed by atoms with Gasteiger partial charge in [-0.1, -0.05) is 6.07 Å². The zero-order valence-corrected chi connectivity index (χ0v) is 9.54. The highest BCUT2D eigenvalue weighted by molar-refractivity contribution is 5.81. The van der Waals surface area contributed by atoms with Gasteiger partial charge in [0.15, 0.2) is 5.75 Å². The third kappa shape index (κ3) is 2.83. The molecule has 0 bridgehead atoms. The van der Waals surface area contributed by atoms with E-state index in [0.29, 0.717) is 0 Å². The van der Waals surface area contributed by atoms with Crippen molar-refractivity contribution < 1.29 is 14.5 Å². The van der Waals surface area contributed by atoms with Crippen molar-refractivity contribution in [1.29, 1.82) is 0 Å². The molecule has 0 aliphatic rings. The number of ether oxygens (including phenoxy) is 1. The normalized spacial score (nSPS) is 9.76. The first-order valence-corrected chi connectivity index (χ1v) is 4.78. The zero-order valence-electron chi connectivity index (χ0n) is 9.54. The summed E-state index contributed by atoms with van der Waals surface area (Å²) >= 11 is 0. The van der Waals surface area contributed by atoms with Crippen LogP contribution in [0.15, 0.2) is 18.2 Å². The molecule has 2 N–H and O–H groups in total. The standard InChI is InChI=1S/C10H13N3O4/c1-12(6-9(11)14)7-4-3-5-8(17-2)10(7)13(15)16/h3-5H,6H2,1-2H3,(H2,11,14). The lowest BCUT2D eigenvalue weighted by atomic mass is 10.2. The summed E-state index contributed by atoms with van der Waals surface area (Å²) in [7, 11) is 2.90. The molecule has 1 aromatic carbocycles. The first-order chi connectivity index (χ1) is 7.97. The van der Waals surface area contributed by atoms with Crippen LogP contribution in [0.5, 0.6) is 5.75 Å². The van der Waals surface area contributed by atoms with Crippen LogP contribution in [-0.2, 0) is 4.79 Å². The molecular weight excluding hydrogens is 226 g/mol. The van der Waals surface area contributed by atoms with Crippen LogP contribution in [0.4, 0.5) is 11.4 Å². The van der Waals surface area contributed by atoms with Gasteiger partial charge in [-0.25, -0.2) is 0 Å². The number of benzene rings is 1. The second kappa shape index (κ2) is 5.15. The van der Waals surface area contributed by atoms with Gasteiger partial charge in [0.1, 0.15) is 5.69 Å². The summed E-state index contributed by atoms with van der Waals surface area (Å²) < 4.78 is 4.92. The van der Waals surface area contributed by atoms with Crippen molar-refractivity contribution in [2.45, 2.75) is 0 Å². The van der Waals surface area contributed by atoms with Gasteiger partial charge in [0.05, 0.1) is 18.6 Å². The Kier molecular flexibility index (Phi) is 3.86. The Morgan fingerprint density at radius 3 is 2.71 bits per heavy atom. The van der Waals surface area contributed by atoms with Crippen LogP contribution in [0.25, 0.3) is 0 Å². The van der Waals surface area contributed by atoms with Crippen LogP contribution in [0.1, 0.15) is 0 Å². The maximum atomic E-state index is 11.0. The number of nitro groups is 1. The van der Waals surface area contributed by atoms with E-state index in [1.54, 1.807) is 13.1 Å². The molecule has 7 nitrogen and oxygen atoms in total. The number of carbonyl (C=O) groups excluding carboxylic acids is 1. The molecule has 0 heterocycles. The van der Waals surface area contributed by atoms with Crippen LogP contribution in [0.3, 0.4) is 0 Å². The maximum absolute atomic E-state index is 11.0. The number of nitrogens with zero attached hydrogens (tertiary/aromatic N) is 2. The molecule has 92 valence electrons. The predicted octanol–water partition coefficient (Wildman–Crippen LogP) is 0.525. The molecule has 0 atom stereocenters. The second-order valence-corrected chi connectivity index (χ2v) is 3.41. The first kappa shape index (κ1) is 12.8. The summed E-state index contributed by atoms with van der Waals surface area (Å²) in [6.07, 6.45) is 0. The lowest BCUT2D eigenvalue weighted by Crippen LogP contribution is -2.30. The van der Waals surface area contributed by atoms with Gasteiger partial charge in [-0.15, -0.1) is 0 Å². The van der Waals surface area contributed by atoms with Crippen molar-refractivity contribution in [2.24, 2.45) is 5.73 Å². The number of primary amides is 1. The molecule has 1 amide bonds. The van der Waals surface area contributed by atoms with E-state index < -0.39 is 10.8 Å². The third-order valence-electron chi connectivity index (χ3n) is 2.18. The van der Waals surface area contributed by atoms with Crippen molar-refractivity contribution in [3.8, 4) is 5.75 Å². The van der Waals surface area contributed by atoms with E-state index in [4.69, 9.17) is 10.5 Å². The van der Waals surface area contributed by atoms with E-state index >= 15 is 0 Å². The molecule has 0 saturated carbocycles. The fourth-order valence-electron chi connectivity index (χ4n) is 1.49. The molecule has 0 aliphatic carbocycles. The van der Waals surface area contributed by atoms with Crippen LogP contribution >= 0.6 is 0 Å². The van der Waals surface area contributed by atoms with Gasteiger partial charge in [-0.05, 0) is 12.1 Å². The number of methoxy groups -OCH3 is 1. The summed E-state index contributed by atoms with van der Waals surface area (Å²) in [5.41, 5.74) is 5.15. The third-order valence-corrected chi connectivity index (χ3v) is 2.18. The fourth-order valence-corrected chi connectivity index (χ4v) is 1.49. The minimum atomic E-state index is -0.565. The van der Waals surface area contributed by atoms with E-state index in [-0.39, 0.29) is 23.7 Å². The van der Waals surface area contributed by atoms with Gasteiger partial charge in [0, 0.05) is 7.05 Å². The van der Waals surface area contributed by atoms with Gasteiger partial charge in [0.25, 0.3) is 0 Å². The van der Waals surface area contributed by atoms with E-state index in [0.717, 1.165) is 0 Å². The molecule has 0 aliphatic heterocycles. The minimum absolute atomic E-state index is 0.103. The predicted molar refractivity (Wildman–Crippen MR) is 62.1 cm³/mol. The van der Waals surface area contributed by atoms with Gasteiger partial charge < -0.3 is 15.4 Å². The largest absolute Gasteiger partial charge is 0.490 e. The van der Waals surface area contributed by atoms with Crippen molar-refractivity contribution in [2.75, 3.05) is 25.6 Å². The van der Waals surface area contributed by atoms with Crippen LogP contribution in [0, 0.1) is 10.1 Å². The van der Waals surface area contributed by atoms with Crippen LogP contribution in [0.2, 0.25) is 0 Å². The number of nitrogens with two attached hydrogens (primary N) is 1. The average molecular weight is 239 g/mol. The molecule has 0 aromatic heterocycles. The summed E-state index contributed by atoms with van der Waals surface area (Å²) in [6, 6.07) is 4.63. The highest BCUT2D eigenvalue weighted by atomic mass is 16.6. The van der Waals surface area contributed by atoms with Gasteiger partial charge in [-0.2, -0.15) is 0 Å². The molecule has 0 radical (unpaired) electrons. The molecular formula is C10H13N3O4. The number of likely N-dealkylation sites (N-methyl/N-ethyl adjacent to an activating group) is 1. The molecule has 17 heavy (non-hydrogen) atoms. The Morgan fingerprint density at radius 1 is 1.59 bits per heavy atom. The van der Waals surface area contributed by atoms with Crippen LogP contribution in [-0.4, -0.2) is 31.5 Å². The Labute approximate surface area is 97.9 Å². The highest BCUT2D eigenvalue weighted by Crippen LogP contribution is 2.36. The van der Waals surface area contributed by atoms with Gasteiger partial charge in [-0.3, -0.25) is 14.9 Å². The maximum Gasteiger partial charge on any atom is 0.333 e. The number of carbonyl (C=O) groups is 1. The summed E-state index contributed by atoms with van der Waals surface area (Å²) in [5.74, 6) is -0.423. The Hall–Kier alpha value is -2.31. The van der Waals surface area contributed by atoms with Crippen molar-refractivity contribution in [3.63, 3.8) is 0 Å². The highest BCUT2D eigenvalue weighted by Gasteiger charge is 2.23. The average Bonchev–Trinajstić information content (AvgIpc) is 2.26. The second-order valence-electron chi connectivity index (χ2n) is 3.41. The molecule has 0 fully saturated rings. The fraction of sp³-hybridized carbons (Fsp3) is 0.300. The summed E-state index contributed by atoms with van der Waals surface area (Å²) in [6.45, 7) is -0.103. The number of hydrogen-bond acceptors (Lipinski definition) is 5. The first-order valence-electron chi connectivity index (χ1n) is 4.78. The summed E-state index contributed by atoms with van der Waals surface area (Å²) in [5, 5.41) is 11.0. The topological polar surface area (TPSA) is 98.7 Å². The van der Waals surface area contributed by atoms with Crippen LogP contribution < -0.4 is 15.4 Å². The van der Waals surface area contributed by atoms with Gasteiger partial charge in [0.2, 0.25) is 5.91 Å². The Bertz CT molecular complexity index is 447. The van der Waals surface area contributed by atoms with E-state index in [9.17, 15) is 14.9 Å². The number of anilines is 1. The lowest BCUT2D eigenvalue weighted by molar-refractivity contribution is -0.385. The van der Waals surface area contributed by atoms with E-state index in [1.165, 1.54) is 24.1 Å². The number of para-hydroxylation sites is 1. The molecule has 0 saturated heterocycles. The SMILES string of the molecule is COc1cccc(N(C)CC(N)=O)c1[N+](=O)[O-]. The van der Waals surface area contributed by atoms with Crippen molar-refractivity contribution in [1.82, 2.24) is 0 Å². The molecule has 0 spiro atoms.